The summed E-state index contributed by atoms with van der Waals surface area (Å²) in [4.78, 5) is 107. The second-order valence-corrected chi connectivity index (χ2v) is 7.70. The third kappa shape index (κ3) is 11.4. The van der Waals surface area contributed by atoms with Crippen LogP contribution in [0.25, 0.3) is 0 Å². The van der Waals surface area contributed by atoms with Crippen molar-refractivity contribution < 1.29 is 63.2 Å². The molecule has 0 aliphatic rings. The van der Waals surface area contributed by atoms with Crippen LogP contribution >= 0.6 is 0 Å². The van der Waals surface area contributed by atoms with Gasteiger partial charge in [0.05, 0.1) is 26.2 Å². The number of aliphatic carboxylic acids is 3. The number of carbonyl (C=O) groups excluding carboxylic acids is 6. The Morgan fingerprint density at radius 3 is 1.57 bits per heavy atom. The molecule has 0 aromatic carbocycles. The standard InChI is InChI=1S/C19H30N8O13/c20-3-8(29)25-12(16(34)35)7(28)1-2-19(23,14(33)13(17(36)37)26-9(30)4-21)40-11(32)6-24-15(18(38)39)27-10(31)5-22/h12-13,15,24H,1-6,20-23H2,(H,25,29)(H,26,30)(H,27,31)(H,34,35)(H,36,37)(H,38,39). The van der Waals surface area contributed by atoms with Crippen LogP contribution in [0.5, 0.6) is 0 Å². The van der Waals surface area contributed by atoms with Crippen molar-refractivity contribution in [2.75, 3.05) is 26.2 Å². The van der Waals surface area contributed by atoms with Gasteiger partial charge >= 0.3 is 23.9 Å². The Hall–Kier alpha value is -4.57. The third-order valence-corrected chi connectivity index (χ3v) is 4.70. The van der Waals surface area contributed by atoms with E-state index in [1.165, 1.54) is 0 Å². The average Bonchev–Trinajstić information content (AvgIpc) is 2.89. The van der Waals surface area contributed by atoms with Gasteiger partial charge in [0.2, 0.25) is 29.2 Å². The first-order valence-electron chi connectivity index (χ1n) is 11.0. The van der Waals surface area contributed by atoms with Gasteiger partial charge in [-0.3, -0.25) is 39.8 Å². The number of ether oxygens (including phenoxy) is 1. The molecule has 40 heavy (non-hydrogen) atoms. The quantitative estimate of drug-likeness (QED) is 0.0385. The van der Waals surface area contributed by atoms with Gasteiger partial charge in [0.15, 0.2) is 24.0 Å². The minimum atomic E-state index is -3.04. The molecule has 21 heteroatoms. The molecule has 0 spiro atoms. The van der Waals surface area contributed by atoms with E-state index in [0.29, 0.717) is 0 Å². The molecule has 4 atom stereocenters. The lowest BCUT2D eigenvalue weighted by atomic mass is 9.94. The van der Waals surface area contributed by atoms with Gasteiger partial charge in [-0.2, -0.15) is 0 Å². The van der Waals surface area contributed by atoms with Crippen molar-refractivity contribution in [2.45, 2.75) is 36.8 Å². The predicted octanol–water partition coefficient (Wildman–Crippen LogP) is -7.77. The summed E-state index contributed by atoms with van der Waals surface area (Å²) in [5.74, 6) is -13.1. The molecule has 15 N–H and O–H groups in total. The van der Waals surface area contributed by atoms with E-state index in [-0.39, 0.29) is 0 Å². The van der Waals surface area contributed by atoms with E-state index in [2.05, 4.69) is 0 Å². The summed E-state index contributed by atoms with van der Waals surface area (Å²) in [6, 6.07) is -4.65. The molecule has 0 fully saturated rings. The van der Waals surface area contributed by atoms with Crippen molar-refractivity contribution in [3.05, 3.63) is 0 Å². The average molecular weight is 578 g/mol. The molecule has 0 aromatic rings. The van der Waals surface area contributed by atoms with E-state index >= 15 is 0 Å². The fraction of sp³-hybridized carbons (Fsp3) is 0.526. The van der Waals surface area contributed by atoms with Crippen LogP contribution in [0.4, 0.5) is 0 Å². The molecule has 21 nitrogen and oxygen atoms in total. The lowest BCUT2D eigenvalue weighted by molar-refractivity contribution is -0.171. The van der Waals surface area contributed by atoms with Gasteiger partial charge in [-0.25, -0.2) is 14.4 Å². The molecule has 0 aliphatic carbocycles. The molecule has 0 rings (SSSR count). The molecule has 0 saturated carbocycles. The van der Waals surface area contributed by atoms with Crippen LogP contribution in [0.1, 0.15) is 12.8 Å². The molecule has 0 bridgehead atoms. The van der Waals surface area contributed by atoms with Crippen LogP contribution in [0.2, 0.25) is 0 Å². The molecular formula is C19H30N8O13. The van der Waals surface area contributed by atoms with Gasteiger partial charge in [0, 0.05) is 12.8 Å². The highest BCUT2D eigenvalue weighted by Crippen LogP contribution is 2.18. The van der Waals surface area contributed by atoms with E-state index in [9.17, 15) is 53.4 Å². The number of hydrogen-bond acceptors (Lipinski definition) is 15. The van der Waals surface area contributed by atoms with Crippen LogP contribution in [0.15, 0.2) is 0 Å². The molecule has 0 radical (unpaired) electrons. The summed E-state index contributed by atoms with van der Waals surface area (Å²) < 4.78 is 4.84. The van der Waals surface area contributed by atoms with Crippen LogP contribution < -0.4 is 44.2 Å². The van der Waals surface area contributed by atoms with Gasteiger partial charge in [-0.05, 0) is 0 Å². The number of rotatable bonds is 19. The maximum Gasteiger partial charge on any atom is 0.341 e. The smallest absolute Gasteiger partial charge is 0.341 e. The summed E-state index contributed by atoms with van der Waals surface area (Å²) in [6.07, 6.45) is -3.97. The molecule has 0 aromatic heterocycles. The fourth-order valence-electron chi connectivity index (χ4n) is 2.73. The Morgan fingerprint density at radius 2 is 1.15 bits per heavy atom. The number of esters is 1. The fourth-order valence-corrected chi connectivity index (χ4v) is 2.73. The molecule has 4 unspecified atom stereocenters. The highest BCUT2D eigenvalue weighted by atomic mass is 16.6. The summed E-state index contributed by atoms with van der Waals surface area (Å²) in [7, 11) is 0. The summed E-state index contributed by atoms with van der Waals surface area (Å²) in [6.45, 7) is -3.15. The largest absolute Gasteiger partial charge is 0.479 e. The molecule has 0 aliphatic heterocycles. The summed E-state index contributed by atoms with van der Waals surface area (Å²) in [5, 5.41) is 35.2. The van der Waals surface area contributed by atoms with E-state index < -0.39 is 116 Å². The van der Waals surface area contributed by atoms with E-state index in [0.717, 1.165) is 0 Å². The minimum absolute atomic E-state index is 0.613. The number of carboxylic acid groups (broad SMARTS) is 3. The van der Waals surface area contributed by atoms with Crippen molar-refractivity contribution in [3.63, 3.8) is 0 Å². The Kier molecular flexibility index (Phi) is 14.5. The molecule has 0 saturated heterocycles. The van der Waals surface area contributed by atoms with Crippen molar-refractivity contribution in [3.8, 4) is 0 Å². The SMILES string of the molecule is NCC(=O)NC(NCC(=O)OC(N)(CCC(=O)C(NC(=O)CN)C(=O)O)C(=O)C(NC(=O)CN)C(=O)O)C(=O)O. The van der Waals surface area contributed by atoms with E-state index in [4.69, 9.17) is 32.8 Å². The lowest BCUT2D eigenvalue weighted by Gasteiger charge is -2.30. The van der Waals surface area contributed by atoms with Crippen molar-refractivity contribution in [2.24, 2.45) is 22.9 Å². The second kappa shape index (κ2) is 16.4. The monoisotopic (exact) mass is 578 g/mol. The summed E-state index contributed by atoms with van der Waals surface area (Å²) in [5.41, 5.74) is 18.0. The number of carboxylic acids is 3. The summed E-state index contributed by atoms with van der Waals surface area (Å²) >= 11 is 0. The van der Waals surface area contributed by atoms with Gasteiger partial charge < -0.3 is 53.2 Å². The number of amides is 3. The molecule has 0 heterocycles. The molecule has 3 amide bonds. The number of ketones is 2. The maximum atomic E-state index is 13.0. The van der Waals surface area contributed by atoms with Gasteiger partial charge in [-0.15, -0.1) is 0 Å². The Morgan fingerprint density at radius 1 is 0.700 bits per heavy atom. The van der Waals surface area contributed by atoms with Crippen LogP contribution in [-0.2, 0) is 47.9 Å². The first kappa shape index (κ1) is 35.4. The zero-order valence-corrected chi connectivity index (χ0v) is 20.7. The zero-order chi connectivity index (χ0) is 31.2. The van der Waals surface area contributed by atoms with E-state index in [1.54, 1.807) is 10.6 Å². The normalized spacial score (nSPS) is 14.3. The topological polar surface area (TPSA) is 376 Å². The number of nitrogens with one attached hydrogen (secondary N) is 4. The van der Waals surface area contributed by atoms with Crippen LogP contribution in [-0.4, -0.2) is 119 Å². The lowest BCUT2D eigenvalue weighted by Crippen LogP contribution is -2.63. The Bertz CT molecular complexity index is 1040. The maximum absolute atomic E-state index is 13.0. The van der Waals surface area contributed by atoms with Gasteiger partial charge in [-0.1, -0.05) is 0 Å². The number of carbonyl (C=O) groups is 9. The van der Waals surface area contributed by atoms with Crippen molar-refractivity contribution in [1.29, 1.82) is 0 Å². The number of Topliss-reactive ketones (excluding diaryl/α,β-unsaturated/α-hetero) is 2. The highest BCUT2D eigenvalue weighted by molar-refractivity contribution is 6.10. The van der Waals surface area contributed by atoms with E-state index in [1.807, 2.05) is 10.6 Å². The predicted molar refractivity (Wildman–Crippen MR) is 126 cm³/mol. The minimum Gasteiger partial charge on any atom is -0.479 e. The molecule has 224 valence electrons. The number of nitrogens with two attached hydrogens (primary N) is 4. The van der Waals surface area contributed by atoms with Crippen molar-refractivity contribution in [1.82, 2.24) is 21.3 Å². The first-order valence-corrected chi connectivity index (χ1v) is 11.0. The van der Waals surface area contributed by atoms with Gasteiger partial charge in [0.1, 0.15) is 0 Å². The third-order valence-electron chi connectivity index (χ3n) is 4.70. The zero-order valence-electron chi connectivity index (χ0n) is 20.7. The second-order valence-electron chi connectivity index (χ2n) is 7.70. The van der Waals surface area contributed by atoms with Crippen molar-refractivity contribution >= 4 is 53.2 Å². The van der Waals surface area contributed by atoms with Crippen LogP contribution in [0.3, 0.4) is 0 Å². The Balaban J connectivity index is 6.05. The number of hydrogen-bond donors (Lipinski definition) is 11. The first-order chi connectivity index (χ1) is 18.5. The van der Waals surface area contributed by atoms with Gasteiger partial charge in [0.25, 0.3) is 0 Å². The van der Waals surface area contributed by atoms with Crippen LogP contribution in [0, 0.1) is 0 Å². The highest BCUT2D eigenvalue weighted by Gasteiger charge is 2.46. The molecular weight excluding hydrogens is 548 g/mol. The Labute approximate surface area is 224 Å².